The van der Waals surface area contributed by atoms with Crippen LogP contribution in [0.25, 0.3) is 11.0 Å². The lowest BCUT2D eigenvalue weighted by Crippen LogP contribution is -2.38. The van der Waals surface area contributed by atoms with Crippen LogP contribution in [0, 0.1) is 0 Å². The molecule has 0 atom stereocenters. The van der Waals surface area contributed by atoms with Crippen LogP contribution < -0.4 is 0 Å². The highest BCUT2D eigenvalue weighted by atomic mass is 16.6. The number of rotatable bonds is 0. The van der Waals surface area contributed by atoms with Crippen LogP contribution in [-0.2, 0) is 17.6 Å². The zero-order valence-corrected chi connectivity index (χ0v) is 12.8. The van der Waals surface area contributed by atoms with E-state index >= 15 is 0 Å². The molecule has 4 heteroatoms. The van der Waals surface area contributed by atoms with Gasteiger partial charge in [0.05, 0.1) is 6.26 Å². The fourth-order valence-corrected chi connectivity index (χ4v) is 2.76. The summed E-state index contributed by atoms with van der Waals surface area (Å²) >= 11 is 0. The zero-order valence-electron chi connectivity index (χ0n) is 12.8. The van der Waals surface area contributed by atoms with Gasteiger partial charge in [-0.25, -0.2) is 4.79 Å². The first-order chi connectivity index (χ1) is 9.94. The summed E-state index contributed by atoms with van der Waals surface area (Å²) in [7, 11) is 0. The smallest absolute Gasteiger partial charge is 0.410 e. The van der Waals surface area contributed by atoms with Crippen molar-refractivity contribution in [2.45, 2.75) is 39.2 Å². The highest BCUT2D eigenvalue weighted by Crippen LogP contribution is 2.27. The van der Waals surface area contributed by atoms with Gasteiger partial charge in [-0.1, -0.05) is 12.1 Å². The van der Waals surface area contributed by atoms with Crippen LogP contribution in [0.1, 0.15) is 31.9 Å². The first-order valence-electron chi connectivity index (χ1n) is 7.40. The molecule has 1 aromatic heterocycles. The van der Waals surface area contributed by atoms with Crippen molar-refractivity contribution >= 4 is 17.1 Å². The molecule has 112 valence electrons. The fourth-order valence-electron chi connectivity index (χ4n) is 2.76. The van der Waals surface area contributed by atoms with E-state index in [1.807, 2.05) is 26.8 Å². The van der Waals surface area contributed by atoms with Crippen LogP contribution in [0.5, 0.6) is 0 Å². The third-order valence-corrected chi connectivity index (χ3v) is 3.76. The Hall–Kier alpha value is -1.97. The predicted molar refractivity (Wildman–Crippen MR) is 81.4 cm³/mol. The Morgan fingerprint density at radius 1 is 1.19 bits per heavy atom. The van der Waals surface area contributed by atoms with Crippen molar-refractivity contribution < 1.29 is 13.9 Å². The second kappa shape index (κ2) is 5.10. The predicted octanol–water partition coefficient (Wildman–Crippen LogP) is 3.77. The Morgan fingerprint density at radius 3 is 2.71 bits per heavy atom. The summed E-state index contributed by atoms with van der Waals surface area (Å²) in [6.07, 6.45) is 3.14. The Balaban J connectivity index is 1.80. The van der Waals surface area contributed by atoms with Gasteiger partial charge in [0.2, 0.25) is 0 Å². The van der Waals surface area contributed by atoms with Gasteiger partial charge in [-0.3, -0.25) is 0 Å². The van der Waals surface area contributed by atoms with Crippen molar-refractivity contribution in [3.05, 3.63) is 35.6 Å². The monoisotopic (exact) mass is 287 g/mol. The molecule has 0 aliphatic carbocycles. The summed E-state index contributed by atoms with van der Waals surface area (Å²) in [5, 5.41) is 1.12. The Labute approximate surface area is 124 Å². The van der Waals surface area contributed by atoms with E-state index in [1.54, 1.807) is 11.2 Å². The molecule has 21 heavy (non-hydrogen) atoms. The van der Waals surface area contributed by atoms with Crippen LogP contribution in [-0.4, -0.2) is 29.7 Å². The molecule has 1 amide bonds. The van der Waals surface area contributed by atoms with Crippen molar-refractivity contribution in [3.8, 4) is 0 Å². The number of carbonyl (C=O) groups is 1. The first-order valence-corrected chi connectivity index (χ1v) is 7.40. The lowest BCUT2D eigenvalue weighted by atomic mass is 10.0. The minimum atomic E-state index is -0.454. The van der Waals surface area contributed by atoms with Gasteiger partial charge < -0.3 is 14.1 Å². The third kappa shape index (κ3) is 2.89. The molecule has 0 N–H and O–H groups in total. The maximum Gasteiger partial charge on any atom is 0.410 e. The van der Waals surface area contributed by atoms with E-state index in [0.29, 0.717) is 13.1 Å². The standard InChI is InChI=1S/C17H21NO3/c1-17(2,3)21-16(19)18-9-6-12-4-5-13-8-11-20-15(13)14(12)7-10-18/h4-5,8,11H,6-7,9-10H2,1-3H3. The van der Waals surface area contributed by atoms with E-state index in [-0.39, 0.29) is 6.09 Å². The van der Waals surface area contributed by atoms with Crippen LogP contribution in [0.15, 0.2) is 28.9 Å². The SMILES string of the molecule is CC(C)(C)OC(=O)N1CCc2ccc3ccoc3c2CC1. The number of hydrogen-bond acceptors (Lipinski definition) is 3. The highest BCUT2D eigenvalue weighted by Gasteiger charge is 2.25. The van der Waals surface area contributed by atoms with Gasteiger partial charge >= 0.3 is 6.09 Å². The quantitative estimate of drug-likeness (QED) is 0.740. The zero-order chi connectivity index (χ0) is 15.0. The number of nitrogens with zero attached hydrogens (tertiary/aromatic N) is 1. The summed E-state index contributed by atoms with van der Waals surface area (Å²) in [5.74, 6) is 0. The first kappa shape index (κ1) is 14.0. The maximum absolute atomic E-state index is 12.2. The topological polar surface area (TPSA) is 42.7 Å². The molecule has 1 aromatic carbocycles. The van der Waals surface area contributed by atoms with Crippen LogP contribution >= 0.6 is 0 Å². The number of amides is 1. The van der Waals surface area contributed by atoms with Gasteiger partial charge in [-0.15, -0.1) is 0 Å². The second-order valence-electron chi connectivity index (χ2n) is 6.51. The van der Waals surface area contributed by atoms with Gasteiger partial charge in [-0.05, 0) is 45.2 Å². The molecule has 0 saturated carbocycles. The summed E-state index contributed by atoms with van der Waals surface area (Å²) in [5.41, 5.74) is 3.00. The molecule has 3 rings (SSSR count). The van der Waals surface area contributed by atoms with Crippen LogP contribution in [0.2, 0.25) is 0 Å². The van der Waals surface area contributed by atoms with Gasteiger partial charge in [0, 0.05) is 24.0 Å². The van der Waals surface area contributed by atoms with Crippen molar-refractivity contribution in [2.24, 2.45) is 0 Å². The molecule has 1 aliphatic heterocycles. The van der Waals surface area contributed by atoms with Gasteiger partial charge in [0.25, 0.3) is 0 Å². The lowest BCUT2D eigenvalue weighted by molar-refractivity contribution is 0.0258. The van der Waals surface area contributed by atoms with Gasteiger partial charge in [-0.2, -0.15) is 0 Å². The maximum atomic E-state index is 12.2. The number of furan rings is 1. The summed E-state index contributed by atoms with van der Waals surface area (Å²) < 4.78 is 11.1. The summed E-state index contributed by atoms with van der Waals surface area (Å²) in [6, 6.07) is 6.21. The van der Waals surface area contributed by atoms with E-state index in [9.17, 15) is 4.79 Å². The number of hydrogen-bond donors (Lipinski definition) is 0. The Morgan fingerprint density at radius 2 is 1.95 bits per heavy atom. The van der Waals surface area contributed by atoms with Crippen molar-refractivity contribution in [3.63, 3.8) is 0 Å². The van der Waals surface area contributed by atoms with E-state index in [0.717, 1.165) is 23.8 Å². The summed E-state index contributed by atoms with van der Waals surface area (Å²) in [4.78, 5) is 14.0. The molecule has 0 saturated heterocycles. The number of carbonyl (C=O) groups excluding carboxylic acids is 1. The Bertz CT molecular complexity index is 666. The van der Waals surface area contributed by atoms with Crippen molar-refractivity contribution in [1.82, 2.24) is 4.90 Å². The van der Waals surface area contributed by atoms with Gasteiger partial charge in [0.1, 0.15) is 11.2 Å². The molecule has 2 aromatic rings. The molecule has 4 nitrogen and oxygen atoms in total. The number of benzene rings is 1. The largest absolute Gasteiger partial charge is 0.464 e. The average Bonchev–Trinajstić information content (AvgIpc) is 2.75. The molecular formula is C17H21NO3. The molecule has 2 heterocycles. The minimum Gasteiger partial charge on any atom is -0.464 e. The molecule has 1 aliphatic rings. The second-order valence-corrected chi connectivity index (χ2v) is 6.51. The average molecular weight is 287 g/mol. The van der Waals surface area contributed by atoms with Crippen LogP contribution in [0.3, 0.4) is 0 Å². The Kier molecular flexibility index (Phi) is 3.40. The van der Waals surface area contributed by atoms with Gasteiger partial charge in [0.15, 0.2) is 0 Å². The minimum absolute atomic E-state index is 0.231. The third-order valence-electron chi connectivity index (χ3n) is 3.76. The molecule has 0 bridgehead atoms. The fraction of sp³-hybridized carbons (Fsp3) is 0.471. The lowest BCUT2D eigenvalue weighted by Gasteiger charge is -2.26. The number of fused-ring (bicyclic) bond motifs is 3. The normalized spacial score (nSPS) is 15.7. The van der Waals surface area contributed by atoms with E-state index in [1.165, 1.54) is 11.1 Å². The van der Waals surface area contributed by atoms with Crippen molar-refractivity contribution in [1.29, 1.82) is 0 Å². The van der Waals surface area contributed by atoms with Crippen molar-refractivity contribution in [2.75, 3.05) is 13.1 Å². The van der Waals surface area contributed by atoms with E-state index in [4.69, 9.17) is 9.15 Å². The van der Waals surface area contributed by atoms with E-state index < -0.39 is 5.60 Å². The van der Waals surface area contributed by atoms with Crippen LogP contribution in [0.4, 0.5) is 4.79 Å². The molecule has 0 radical (unpaired) electrons. The molecular weight excluding hydrogens is 266 g/mol. The molecule has 0 fully saturated rings. The summed E-state index contributed by atoms with van der Waals surface area (Å²) in [6.45, 7) is 7.04. The number of ether oxygens (including phenoxy) is 1. The van der Waals surface area contributed by atoms with E-state index in [2.05, 4.69) is 12.1 Å². The highest BCUT2D eigenvalue weighted by molar-refractivity contribution is 5.82. The molecule has 0 unspecified atom stereocenters. The molecule has 0 spiro atoms.